The van der Waals surface area contributed by atoms with Crippen LogP contribution in [0.1, 0.15) is 30.7 Å². The van der Waals surface area contributed by atoms with Crippen molar-refractivity contribution in [1.82, 2.24) is 4.98 Å². The predicted octanol–water partition coefficient (Wildman–Crippen LogP) is 7.16. The first-order chi connectivity index (χ1) is 15.2. The first-order valence-electron chi connectivity index (χ1n) is 11.0. The van der Waals surface area contributed by atoms with Crippen LogP contribution < -0.4 is 9.47 Å². The van der Waals surface area contributed by atoms with Crippen LogP contribution in [0.5, 0.6) is 11.5 Å². The average molecular weight is 430 g/mol. The number of fused-ring (bicyclic) bond motifs is 3. The van der Waals surface area contributed by atoms with Crippen molar-refractivity contribution in [2.24, 2.45) is 5.92 Å². The molecule has 0 bridgehead atoms. The Hall–Kier alpha value is -2.85. The van der Waals surface area contributed by atoms with E-state index < -0.39 is 0 Å². The van der Waals surface area contributed by atoms with Gasteiger partial charge in [-0.25, -0.2) is 4.98 Å². The second kappa shape index (κ2) is 8.35. The fraction of sp³-hybridized carbons (Fsp3) is 0.296. The van der Waals surface area contributed by atoms with Crippen LogP contribution in [0.15, 0.2) is 54.6 Å². The Morgan fingerprint density at radius 3 is 2.42 bits per heavy atom. The molecule has 3 nitrogen and oxygen atoms in total. The molecular formula is C27H27NO2S. The number of methoxy groups -OCH3 is 1. The molecule has 0 amide bonds. The SMILES string of the molecule is CCOc1ccc(-c2cc(-c3ccc(OC)cc3)c3c4c(sc3n2)CC(C)CC4)cc1. The normalized spacial score (nSPS) is 15.6. The number of hydrogen-bond donors (Lipinski definition) is 0. The highest BCUT2D eigenvalue weighted by Crippen LogP contribution is 2.43. The summed E-state index contributed by atoms with van der Waals surface area (Å²) in [6, 6.07) is 18.9. The van der Waals surface area contributed by atoms with Gasteiger partial charge in [-0.05, 0) is 91.3 Å². The molecule has 0 radical (unpaired) electrons. The Morgan fingerprint density at radius 2 is 1.71 bits per heavy atom. The highest BCUT2D eigenvalue weighted by Gasteiger charge is 2.24. The van der Waals surface area contributed by atoms with Gasteiger partial charge in [0.1, 0.15) is 16.3 Å². The van der Waals surface area contributed by atoms with Crippen LogP contribution in [-0.2, 0) is 12.8 Å². The van der Waals surface area contributed by atoms with Crippen LogP contribution in [-0.4, -0.2) is 18.7 Å². The number of benzene rings is 2. The van der Waals surface area contributed by atoms with Gasteiger partial charge in [0.05, 0.1) is 19.4 Å². The molecule has 0 N–H and O–H groups in total. The van der Waals surface area contributed by atoms with Crippen LogP contribution in [0.3, 0.4) is 0 Å². The van der Waals surface area contributed by atoms with Crippen molar-refractivity contribution in [3.63, 3.8) is 0 Å². The number of pyridine rings is 1. The second-order valence-electron chi connectivity index (χ2n) is 8.27. The number of aromatic nitrogens is 1. The highest BCUT2D eigenvalue weighted by atomic mass is 32.1. The summed E-state index contributed by atoms with van der Waals surface area (Å²) in [5.41, 5.74) is 6.10. The number of ether oxygens (including phenoxy) is 2. The van der Waals surface area contributed by atoms with E-state index >= 15 is 0 Å². The van der Waals surface area contributed by atoms with E-state index in [1.165, 1.54) is 33.4 Å². The molecule has 1 atom stereocenters. The molecule has 1 aliphatic rings. The number of thiophene rings is 1. The van der Waals surface area contributed by atoms with Crippen LogP contribution in [0.25, 0.3) is 32.6 Å². The molecule has 158 valence electrons. The van der Waals surface area contributed by atoms with Gasteiger partial charge in [-0.3, -0.25) is 0 Å². The lowest BCUT2D eigenvalue weighted by atomic mass is 9.87. The summed E-state index contributed by atoms with van der Waals surface area (Å²) in [5.74, 6) is 2.51. The van der Waals surface area contributed by atoms with E-state index in [2.05, 4.69) is 37.3 Å². The summed E-state index contributed by atoms with van der Waals surface area (Å²) in [5, 5.41) is 1.34. The van der Waals surface area contributed by atoms with E-state index in [9.17, 15) is 0 Å². The minimum Gasteiger partial charge on any atom is -0.497 e. The summed E-state index contributed by atoms with van der Waals surface area (Å²) < 4.78 is 11.0. The first-order valence-corrected chi connectivity index (χ1v) is 11.8. The number of hydrogen-bond acceptors (Lipinski definition) is 4. The van der Waals surface area contributed by atoms with E-state index in [0.717, 1.165) is 46.3 Å². The Morgan fingerprint density at radius 1 is 1.00 bits per heavy atom. The molecule has 0 saturated heterocycles. The third-order valence-electron chi connectivity index (χ3n) is 6.13. The molecule has 4 aromatic rings. The zero-order valence-corrected chi connectivity index (χ0v) is 19.1. The average Bonchev–Trinajstić information content (AvgIpc) is 3.16. The molecular weight excluding hydrogens is 402 g/mol. The molecule has 0 spiro atoms. The number of rotatable bonds is 5. The standard InChI is InChI=1S/C27H27NO2S/c1-4-30-21-12-8-19(9-13-21)24-16-23(18-6-10-20(29-3)11-7-18)26-22-14-5-17(2)15-25(22)31-27(26)28-24/h6-13,16-17H,4-5,14-15H2,1-3H3. The fourth-order valence-electron chi connectivity index (χ4n) is 4.48. The lowest BCUT2D eigenvalue weighted by Crippen LogP contribution is -2.08. The first kappa shape index (κ1) is 20.1. The minimum absolute atomic E-state index is 0.671. The summed E-state index contributed by atoms with van der Waals surface area (Å²) in [4.78, 5) is 7.79. The summed E-state index contributed by atoms with van der Waals surface area (Å²) in [6.07, 6.45) is 3.56. The van der Waals surface area contributed by atoms with Gasteiger partial charge in [-0.15, -0.1) is 11.3 Å². The Labute approximate surface area is 187 Å². The predicted molar refractivity (Wildman–Crippen MR) is 129 cm³/mol. The third kappa shape index (κ3) is 3.81. The van der Waals surface area contributed by atoms with Crippen LogP contribution in [0.4, 0.5) is 0 Å². The van der Waals surface area contributed by atoms with Crippen molar-refractivity contribution in [2.75, 3.05) is 13.7 Å². The molecule has 2 aromatic carbocycles. The fourth-order valence-corrected chi connectivity index (χ4v) is 5.89. The quantitative estimate of drug-likeness (QED) is 0.337. The van der Waals surface area contributed by atoms with Crippen molar-refractivity contribution in [3.05, 3.63) is 65.0 Å². The summed E-state index contributed by atoms with van der Waals surface area (Å²) in [6.45, 7) is 5.03. The molecule has 0 aliphatic heterocycles. The highest BCUT2D eigenvalue weighted by molar-refractivity contribution is 7.19. The molecule has 1 unspecified atom stereocenters. The van der Waals surface area contributed by atoms with Crippen molar-refractivity contribution in [2.45, 2.75) is 33.1 Å². The van der Waals surface area contributed by atoms with E-state index in [1.54, 1.807) is 7.11 Å². The van der Waals surface area contributed by atoms with E-state index in [0.29, 0.717) is 6.61 Å². The van der Waals surface area contributed by atoms with Crippen molar-refractivity contribution < 1.29 is 9.47 Å². The van der Waals surface area contributed by atoms with Crippen LogP contribution >= 0.6 is 11.3 Å². The molecule has 4 heteroatoms. The van der Waals surface area contributed by atoms with Crippen molar-refractivity contribution in [1.29, 1.82) is 0 Å². The molecule has 2 aromatic heterocycles. The molecule has 1 aliphatic carbocycles. The maximum Gasteiger partial charge on any atom is 0.125 e. The van der Waals surface area contributed by atoms with E-state index in [4.69, 9.17) is 14.5 Å². The largest absolute Gasteiger partial charge is 0.497 e. The van der Waals surface area contributed by atoms with Crippen molar-refractivity contribution >= 4 is 21.6 Å². The van der Waals surface area contributed by atoms with Crippen LogP contribution in [0.2, 0.25) is 0 Å². The maximum atomic E-state index is 5.62. The van der Waals surface area contributed by atoms with Gasteiger partial charge in [0, 0.05) is 15.8 Å². The smallest absolute Gasteiger partial charge is 0.125 e. The van der Waals surface area contributed by atoms with Crippen LogP contribution in [0, 0.1) is 5.92 Å². The van der Waals surface area contributed by atoms with Gasteiger partial charge in [0.15, 0.2) is 0 Å². The topological polar surface area (TPSA) is 31.4 Å². The monoisotopic (exact) mass is 429 g/mol. The molecule has 5 rings (SSSR count). The summed E-state index contributed by atoms with van der Waals surface area (Å²) in [7, 11) is 1.71. The van der Waals surface area contributed by atoms with Gasteiger partial charge in [0.25, 0.3) is 0 Å². The third-order valence-corrected chi connectivity index (χ3v) is 7.28. The van der Waals surface area contributed by atoms with Gasteiger partial charge >= 0.3 is 0 Å². The van der Waals surface area contributed by atoms with Crippen molar-refractivity contribution in [3.8, 4) is 33.9 Å². The Bertz CT molecular complexity index is 1210. The van der Waals surface area contributed by atoms with Gasteiger partial charge in [-0.2, -0.15) is 0 Å². The zero-order valence-electron chi connectivity index (χ0n) is 18.3. The summed E-state index contributed by atoms with van der Waals surface area (Å²) >= 11 is 1.88. The van der Waals surface area contributed by atoms with Gasteiger partial charge in [-0.1, -0.05) is 19.1 Å². The van der Waals surface area contributed by atoms with E-state index in [-0.39, 0.29) is 0 Å². The maximum absolute atomic E-state index is 5.62. The molecule has 31 heavy (non-hydrogen) atoms. The minimum atomic E-state index is 0.671. The van der Waals surface area contributed by atoms with Gasteiger partial charge < -0.3 is 9.47 Å². The zero-order chi connectivity index (χ0) is 21.4. The molecule has 0 saturated carbocycles. The second-order valence-corrected chi connectivity index (χ2v) is 9.36. The lowest BCUT2D eigenvalue weighted by Gasteiger charge is -2.18. The Kier molecular flexibility index (Phi) is 5.41. The number of aryl methyl sites for hydroxylation is 1. The Balaban J connectivity index is 1.69. The lowest BCUT2D eigenvalue weighted by molar-refractivity contribution is 0.340. The van der Waals surface area contributed by atoms with E-state index in [1.807, 2.05) is 42.5 Å². The number of nitrogens with zero attached hydrogens (tertiary/aromatic N) is 1. The molecule has 2 heterocycles. The molecule has 0 fully saturated rings. The van der Waals surface area contributed by atoms with Gasteiger partial charge in [0.2, 0.25) is 0 Å².